The second kappa shape index (κ2) is 8.65. The van der Waals surface area contributed by atoms with Crippen LogP contribution < -0.4 is 21.5 Å². The number of pyridine rings is 1. The molecule has 12 heteroatoms. The van der Waals surface area contributed by atoms with Crippen LogP contribution in [0.4, 0.5) is 19.0 Å². The van der Waals surface area contributed by atoms with E-state index in [2.05, 4.69) is 20.3 Å². The fourth-order valence-corrected chi connectivity index (χ4v) is 2.39. The third-order valence-electron chi connectivity index (χ3n) is 3.77. The van der Waals surface area contributed by atoms with Crippen molar-refractivity contribution in [1.82, 2.24) is 15.0 Å². The fourth-order valence-electron chi connectivity index (χ4n) is 2.39. The lowest BCUT2D eigenvalue weighted by Crippen LogP contribution is -2.23. The van der Waals surface area contributed by atoms with Crippen molar-refractivity contribution >= 4 is 17.6 Å². The van der Waals surface area contributed by atoms with Crippen LogP contribution >= 0.6 is 0 Å². The fraction of sp³-hybridized carbons (Fsp3) is 0.105. The molecule has 0 aliphatic heterocycles. The summed E-state index contributed by atoms with van der Waals surface area (Å²) in [5.41, 5.74) is 9.65. The predicted octanol–water partition coefficient (Wildman–Crippen LogP) is 2.35. The summed E-state index contributed by atoms with van der Waals surface area (Å²) >= 11 is 0. The first-order valence-corrected chi connectivity index (χ1v) is 8.65. The Labute approximate surface area is 173 Å². The van der Waals surface area contributed by atoms with Gasteiger partial charge in [-0.1, -0.05) is 6.07 Å². The highest BCUT2D eigenvalue weighted by Crippen LogP contribution is 2.30. The van der Waals surface area contributed by atoms with E-state index >= 15 is 0 Å². The number of hydrogen-bond acceptors (Lipinski definition) is 7. The topological polar surface area (TPSA) is 146 Å². The van der Waals surface area contributed by atoms with Crippen LogP contribution in [0.1, 0.15) is 16.2 Å². The summed E-state index contributed by atoms with van der Waals surface area (Å²) in [5, 5.41) is 2.65. The van der Waals surface area contributed by atoms with Crippen molar-refractivity contribution in [2.24, 2.45) is 11.5 Å². The van der Waals surface area contributed by atoms with E-state index in [1.54, 1.807) is 0 Å². The van der Waals surface area contributed by atoms with Gasteiger partial charge in [0.25, 0.3) is 5.91 Å². The van der Waals surface area contributed by atoms with E-state index in [4.69, 9.17) is 16.2 Å². The van der Waals surface area contributed by atoms with Crippen LogP contribution in [-0.2, 0) is 11.0 Å². The number of anilines is 1. The summed E-state index contributed by atoms with van der Waals surface area (Å²) in [6.45, 7) is -0.217. The minimum absolute atomic E-state index is 0.0922. The van der Waals surface area contributed by atoms with E-state index in [0.717, 1.165) is 6.07 Å². The van der Waals surface area contributed by atoms with Gasteiger partial charge in [0.05, 0.1) is 6.54 Å². The molecule has 0 aliphatic carbocycles. The van der Waals surface area contributed by atoms with E-state index in [-0.39, 0.29) is 35.5 Å². The van der Waals surface area contributed by atoms with Gasteiger partial charge in [-0.15, -0.1) is 0 Å². The number of carbonyl (C=O) groups excluding carboxylic acids is 2. The number of ether oxygens (including phenoxy) is 1. The SMILES string of the molecule is NC(=O)CNc1cc(C(N)=O)nc(-c2ccc(Oc3cccc(C(F)(F)F)n3)cc2)n1. The standard InChI is InChI=1S/C19H15F3N6O3/c20-19(21,22)13-2-1-3-16(27-13)31-11-6-4-10(5-7-11)18-26-12(17(24)30)8-15(28-18)25-9-14(23)29/h1-8H,9H2,(H2,23,29)(H2,24,30)(H,25,26,28). The van der Waals surface area contributed by atoms with Gasteiger partial charge in [0, 0.05) is 17.7 Å². The number of aromatic nitrogens is 3. The van der Waals surface area contributed by atoms with Crippen LogP contribution in [-0.4, -0.2) is 33.3 Å². The number of nitrogens with two attached hydrogens (primary N) is 2. The van der Waals surface area contributed by atoms with Crippen LogP contribution in [0.15, 0.2) is 48.5 Å². The average molecular weight is 432 g/mol. The monoisotopic (exact) mass is 432 g/mol. The lowest BCUT2D eigenvalue weighted by Gasteiger charge is -2.10. The number of hydrogen-bond donors (Lipinski definition) is 3. The van der Waals surface area contributed by atoms with Crippen molar-refractivity contribution in [1.29, 1.82) is 0 Å². The molecule has 0 aliphatic rings. The summed E-state index contributed by atoms with van der Waals surface area (Å²) in [6.07, 6.45) is -4.59. The number of rotatable bonds is 7. The van der Waals surface area contributed by atoms with Crippen LogP contribution in [0.5, 0.6) is 11.6 Å². The first-order valence-electron chi connectivity index (χ1n) is 8.65. The predicted molar refractivity (Wildman–Crippen MR) is 103 cm³/mol. The minimum Gasteiger partial charge on any atom is -0.439 e. The van der Waals surface area contributed by atoms with Gasteiger partial charge >= 0.3 is 6.18 Å². The highest BCUT2D eigenvalue weighted by atomic mass is 19.4. The number of halogens is 3. The molecule has 0 radical (unpaired) electrons. The molecule has 0 bridgehead atoms. The largest absolute Gasteiger partial charge is 0.439 e. The number of amides is 2. The van der Waals surface area contributed by atoms with Gasteiger partial charge in [-0.25, -0.2) is 15.0 Å². The molecule has 1 aromatic carbocycles. The number of alkyl halides is 3. The number of primary amides is 2. The molecule has 5 N–H and O–H groups in total. The Morgan fingerprint density at radius 2 is 1.71 bits per heavy atom. The van der Waals surface area contributed by atoms with Crippen molar-refractivity contribution in [2.45, 2.75) is 6.18 Å². The number of nitrogens with one attached hydrogen (secondary N) is 1. The van der Waals surface area contributed by atoms with Crippen molar-refractivity contribution in [2.75, 3.05) is 11.9 Å². The highest BCUT2D eigenvalue weighted by Gasteiger charge is 2.32. The molecular weight excluding hydrogens is 417 g/mol. The average Bonchev–Trinajstić information content (AvgIpc) is 2.72. The second-order valence-electron chi connectivity index (χ2n) is 6.13. The van der Waals surface area contributed by atoms with Crippen LogP contribution in [0, 0.1) is 0 Å². The van der Waals surface area contributed by atoms with Gasteiger partial charge in [-0.3, -0.25) is 9.59 Å². The number of nitrogens with zero attached hydrogens (tertiary/aromatic N) is 3. The maximum Gasteiger partial charge on any atom is 0.433 e. The maximum absolute atomic E-state index is 12.8. The Morgan fingerprint density at radius 1 is 1.00 bits per heavy atom. The van der Waals surface area contributed by atoms with E-state index in [1.165, 1.54) is 42.5 Å². The molecule has 3 rings (SSSR count). The zero-order chi connectivity index (χ0) is 22.6. The minimum atomic E-state index is -4.59. The molecule has 160 valence electrons. The first kappa shape index (κ1) is 21.5. The molecule has 3 aromatic rings. The molecule has 0 spiro atoms. The van der Waals surface area contributed by atoms with E-state index < -0.39 is 23.7 Å². The lowest BCUT2D eigenvalue weighted by molar-refractivity contribution is -0.141. The molecule has 0 saturated heterocycles. The molecule has 2 heterocycles. The molecule has 2 aromatic heterocycles. The van der Waals surface area contributed by atoms with E-state index in [1.807, 2.05) is 0 Å². The van der Waals surface area contributed by atoms with Gasteiger partial charge < -0.3 is 21.5 Å². The number of carbonyl (C=O) groups is 2. The summed E-state index contributed by atoms with van der Waals surface area (Å²) in [6, 6.07) is 10.6. The summed E-state index contributed by atoms with van der Waals surface area (Å²) in [7, 11) is 0. The Kier molecular flexibility index (Phi) is 6.00. The van der Waals surface area contributed by atoms with Gasteiger partial charge in [-0.2, -0.15) is 13.2 Å². The third-order valence-corrected chi connectivity index (χ3v) is 3.77. The van der Waals surface area contributed by atoms with Crippen molar-refractivity contribution in [3.63, 3.8) is 0 Å². The van der Waals surface area contributed by atoms with Gasteiger partial charge in [0.15, 0.2) is 5.82 Å². The molecular formula is C19H15F3N6O3. The van der Waals surface area contributed by atoms with Gasteiger partial charge in [0.1, 0.15) is 23.0 Å². The zero-order valence-electron chi connectivity index (χ0n) is 15.7. The molecule has 2 amide bonds. The molecule has 0 fully saturated rings. The third kappa shape index (κ3) is 5.65. The Bertz CT molecular complexity index is 1120. The van der Waals surface area contributed by atoms with Crippen molar-refractivity contribution in [3.8, 4) is 23.0 Å². The molecule has 0 unspecified atom stereocenters. The van der Waals surface area contributed by atoms with Gasteiger partial charge in [-0.05, 0) is 30.3 Å². The van der Waals surface area contributed by atoms with Gasteiger partial charge in [0.2, 0.25) is 11.8 Å². The second-order valence-corrected chi connectivity index (χ2v) is 6.13. The normalized spacial score (nSPS) is 11.1. The van der Waals surface area contributed by atoms with Crippen LogP contribution in [0.3, 0.4) is 0 Å². The summed E-state index contributed by atoms with van der Waals surface area (Å²) in [4.78, 5) is 34.2. The molecule has 31 heavy (non-hydrogen) atoms. The molecule has 9 nitrogen and oxygen atoms in total. The molecule has 0 atom stereocenters. The Morgan fingerprint density at radius 3 is 2.32 bits per heavy atom. The van der Waals surface area contributed by atoms with E-state index in [0.29, 0.717) is 5.56 Å². The van der Waals surface area contributed by atoms with Crippen molar-refractivity contribution in [3.05, 3.63) is 59.9 Å². The Hall–Kier alpha value is -4.22. The lowest BCUT2D eigenvalue weighted by atomic mass is 10.2. The Balaban J connectivity index is 1.84. The first-order chi connectivity index (χ1) is 14.6. The van der Waals surface area contributed by atoms with E-state index in [9.17, 15) is 22.8 Å². The molecule has 0 saturated carbocycles. The summed E-state index contributed by atoms with van der Waals surface area (Å²) < 4.78 is 43.7. The van der Waals surface area contributed by atoms with Crippen LogP contribution in [0.25, 0.3) is 11.4 Å². The highest BCUT2D eigenvalue weighted by molar-refractivity contribution is 5.92. The van der Waals surface area contributed by atoms with Crippen LogP contribution in [0.2, 0.25) is 0 Å². The smallest absolute Gasteiger partial charge is 0.433 e. The quantitative estimate of drug-likeness (QED) is 0.519. The summed E-state index contributed by atoms with van der Waals surface area (Å²) in [5.74, 6) is -1.17. The maximum atomic E-state index is 12.8. The number of benzene rings is 1. The van der Waals surface area contributed by atoms with Crippen molar-refractivity contribution < 1.29 is 27.5 Å². The zero-order valence-corrected chi connectivity index (χ0v) is 15.7.